The summed E-state index contributed by atoms with van der Waals surface area (Å²) < 4.78 is 0. The molecule has 4 N–H and O–H groups in total. The zero-order valence-electron chi connectivity index (χ0n) is 10.7. The Morgan fingerprint density at radius 2 is 2.21 bits per heavy atom. The summed E-state index contributed by atoms with van der Waals surface area (Å²) in [5, 5.41) is 10.1. The maximum absolute atomic E-state index is 12.1. The zero-order valence-corrected chi connectivity index (χ0v) is 11.5. The molecular formula is C13H15ClN4O. The summed E-state index contributed by atoms with van der Waals surface area (Å²) in [5.41, 5.74) is 9.32. The number of H-pyrrole nitrogens is 1. The first kappa shape index (κ1) is 13.4. The summed E-state index contributed by atoms with van der Waals surface area (Å²) in [4.78, 5) is 12.1. The SMILES string of the molecule is Cc1n[nH]c(C)c1CNC(=O)c1cc(N)ccc1Cl. The number of hydrogen-bond acceptors (Lipinski definition) is 3. The van der Waals surface area contributed by atoms with Gasteiger partial charge in [0.2, 0.25) is 0 Å². The third-order valence-electron chi connectivity index (χ3n) is 2.94. The van der Waals surface area contributed by atoms with Crippen LogP contribution >= 0.6 is 11.6 Å². The van der Waals surface area contributed by atoms with Gasteiger partial charge < -0.3 is 11.1 Å². The van der Waals surface area contributed by atoms with Gasteiger partial charge in [-0.25, -0.2) is 0 Å². The molecule has 5 nitrogen and oxygen atoms in total. The lowest BCUT2D eigenvalue weighted by molar-refractivity contribution is 0.0951. The van der Waals surface area contributed by atoms with Crippen molar-refractivity contribution in [2.75, 3.05) is 5.73 Å². The molecule has 2 aromatic rings. The molecule has 0 aliphatic rings. The molecule has 0 radical (unpaired) electrons. The Bertz CT molecular complexity index is 602. The minimum absolute atomic E-state index is 0.252. The number of halogens is 1. The summed E-state index contributed by atoms with van der Waals surface area (Å²) in [5.74, 6) is -0.252. The number of aromatic nitrogens is 2. The van der Waals surface area contributed by atoms with E-state index in [0.717, 1.165) is 17.0 Å². The van der Waals surface area contributed by atoms with Crippen LogP contribution in [0.2, 0.25) is 5.02 Å². The number of aromatic amines is 1. The highest BCUT2D eigenvalue weighted by molar-refractivity contribution is 6.34. The minimum atomic E-state index is -0.252. The topological polar surface area (TPSA) is 83.8 Å². The zero-order chi connectivity index (χ0) is 14.0. The molecule has 100 valence electrons. The number of anilines is 1. The van der Waals surface area contributed by atoms with E-state index in [1.54, 1.807) is 18.2 Å². The third kappa shape index (κ3) is 2.88. The molecule has 1 aromatic heterocycles. The van der Waals surface area contributed by atoms with Gasteiger partial charge in [0.15, 0.2) is 0 Å². The van der Waals surface area contributed by atoms with Crippen LogP contribution in [-0.2, 0) is 6.54 Å². The van der Waals surface area contributed by atoms with Gasteiger partial charge in [0.25, 0.3) is 5.91 Å². The molecular weight excluding hydrogens is 264 g/mol. The number of benzene rings is 1. The van der Waals surface area contributed by atoms with Crippen LogP contribution in [0.4, 0.5) is 5.69 Å². The van der Waals surface area contributed by atoms with E-state index in [-0.39, 0.29) is 5.91 Å². The fourth-order valence-electron chi connectivity index (χ4n) is 1.82. The summed E-state index contributed by atoms with van der Waals surface area (Å²) >= 11 is 5.98. The number of aryl methyl sites for hydroxylation is 2. The number of nitrogens with two attached hydrogens (primary N) is 1. The number of rotatable bonds is 3. The first-order valence-corrected chi connectivity index (χ1v) is 6.20. The lowest BCUT2D eigenvalue weighted by Crippen LogP contribution is -2.23. The van der Waals surface area contributed by atoms with E-state index in [1.807, 2.05) is 13.8 Å². The highest BCUT2D eigenvalue weighted by Gasteiger charge is 2.12. The third-order valence-corrected chi connectivity index (χ3v) is 3.27. The number of nitrogens with one attached hydrogen (secondary N) is 2. The van der Waals surface area contributed by atoms with Gasteiger partial charge in [0.1, 0.15) is 0 Å². The van der Waals surface area contributed by atoms with E-state index in [0.29, 0.717) is 22.8 Å². The molecule has 0 saturated heterocycles. The molecule has 0 aliphatic heterocycles. The standard InChI is InChI=1S/C13H15ClN4O/c1-7-11(8(2)18-17-7)6-16-13(19)10-5-9(15)3-4-12(10)14/h3-5H,6,15H2,1-2H3,(H,16,19)(H,17,18). The van der Waals surface area contributed by atoms with Gasteiger partial charge in [-0.05, 0) is 32.0 Å². The Morgan fingerprint density at radius 3 is 2.84 bits per heavy atom. The lowest BCUT2D eigenvalue weighted by atomic mass is 10.1. The first-order valence-electron chi connectivity index (χ1n) is 5.82. The number of carbonyl (C=O) groups excluding carboxylic acids is 1. The maximum Gasteiger partial charge on any atom is 0.253 e. The second kappa shape index (κ2) is 5.32. The smallest absolute Gasteiger partial charge is 0.253 e. The molecule has 0 saturated carbocycles. The average molecular weight is 279 g/mol. The summed E-state index contributed by atoms with van der Waals surface area (Å²) in [6.07, 6.45) is 0. The van der Waals surface area contributed by atoms with Crippen molar-refractivity contribution >= 4 is 23.2 Å². The number of amides is 1. The van der Waals surface area contributed by atoms with E-state index in [9.17, 15) is 4.79 Å². The van der Waals surface area contributed by atoms with Crippen LogP contribution in [0, 0.1) is 13.8 Å². The van der Waals surface area contributed by atoms with Crippen molar-refractivity contribution in [2.45, 2.75) is 20.4 Å². The maximum atomic E-state index is 12.1. The number of carbonyl (C=O) groups is 1. The van der Waals surface area contributed by atoms with E-state index < -0.39 is 0 Å². The Kier molecular flexibility index (Phi) is 3.76. The number of nitrogens with zero attached hydrogens (tertiary/aromatic N) is 1. The molecule has 0 aliphatic carbocycles. The van der Waals surface area contributed by atoms with Crippen molar-refractivity contribution in [3.05, 3.63) is 45.7 Å². The fourth-order valence-corrected chi connectivity index (χ4v) is 2.02. The van der Waals surface area contributed by atoms with Crippen molar-refractivity contribution in [3.63, 3.8) is 0 Å². The van der Waals surface area contributed by atoms with Crippen LogP contribution < -0.4 is 11.1 Å². The van der Waals surface area contributed by atoms with Crippen LogP contribution in [0.3, 0.4) is 0 Å². The van der Waals surface area contributed by atoms with E-state index in [1.165, 1.54) is 0 Å². The van der Waals surface area contributed by atoms with Crippen LogP contribution in [0.15, 0.2) is 18.2 Å². The van der Waals surface area contributed by atoms with Gasteiger partial charge in [-0.1, -0.05) is 11.6 Å². The fraction of sp³-hybridized carbons (Fsp3) is 0.231. The van der Waals surface area contributed by atoms with Gasteiger partial charge in [-0.2, -0.15) is 5.10 Å². The van der Waals surface area contributed by atoms with E-state index in [2.05, 4.69) is 15.5 Å². The second-order valence-electron chi connectivity index (χ2n) is 4.33. The van der Waals surface area contributed by atoms with Gasteiger partial charge in [-0.3, -0.25) is 9.89 Å². The summed E-state index contributed by atoms with van der Waals surface area (Å²) in [7, 11) is 0. The Morgan fingerprint density at radius 1 is 1.47 bits per heavy atom. The second-order valence-corrected chi connectivity index (χ2v) is 4.74. The average Bonchev–Trinajstić information content (AvgIpc) is 2.69. The molecule has 0 unspecified atom stereocenters. The normalized spacial score (nSPS) is 10.5. The molecule has 0 atom stereocenters. The predicted molar refractivity (Wildman–Crippen MR) is 75.1 cm³/mol. The molecule has 1 amide bonds. The highest BCUT2D eigenvalue weighted by atomic mass is 35.5. The Hall–Kier alpha value is -2.01. The van der Waals surface area contributed by atoms with Crippen LogP contribution in [0.25, 0.3) is 0 Å². The Labute approximate surface area is 116 Å². The van der Waals surface area contributed by atoms with Crippen molar-refractivity contribution in [1.29, 1.82) is 0 Å². The van der Waals surface area contributed by atoms with Crippen LogP contribution in [-0.4, -0.2) is 16.1 Å². The number of nitrogen functional groups attached to an aromatic ring is 1. The van der Waals surface area contributed by atoms with Crippen LogP contribution in [0.1, 0.15) is 27.3 Å². The molecule has 0 bridgehead atoms. The molecule has 0 spiro atoms. The Balaban J connectivity index is 2.12. The van der Waals surface area contributed by atoms with Crippen LogP contribution in [0.5, 0.6) is 0 Å². The van der Waals surface area contributed by atoms with Gasteiger partial charge in [-0.15, -0.1) is 0 Å². The quantitative estimate of drug-likeness (QED) is 0.753. The molecule has 6 heteroatoms. The summed E-state index contributed by atoms with van der Waals surface area (Å²) in [6.45, 7) is 4.20. The highest BCUT2D eigenvalue weighted by Crippen LogP contribution is 2.19. The van der Waals surface area contributed by atoms with Crippen molar-refractivity contribution in [1.82, 2.24) is 15.5 Å². The summed E-state index contributed by atoms with van der Waals surface area (Å²) in [6, 6.07) is 4.83. The largest absolute Gasteiger partial charge is 0.399 e. The van der Waals surface area contributed by atoms with E-state index in [4.69, 9.17) is 17.3 Å². The molecule has 1 aromatic carbocycles. The van der Waals surface area contributed by atoms with Crippen molar-refractivity contribution in [3.8, 4) is 0 Å². The minimum Gasteiger partial charge on any atom is -0.399 e. The van der Waals surface area contributed by atoms with E-state index >= 15 is 0 Å². The van der Waals surface area contributed by atoms with Crippen molar-refractivity contribution < 1.29 is 4.79 Å². The number of hydrogen-bond donors (Lipinski definition) is 3. The monoisotopic (exact) mass is 278 g/mol. The predicted octanol–water partition coefficient (Wildman–Crippen LogP) is 2.19. The lowest BCUT2D eigenvalue weighted by Gasteiger charge is -2.07. The molecule has 2 rings (SSSR count). The first-order chi connectivity index (χ1) is 8.99. The molecule has 0 fully saturated rings. The molecule has 1 heterocycles. The van der Waals surface area contributed by atoms with Crippen molar-refractivity contribution in [2.24, 2.45) is 0 Å². The van der Waals surface area contributed by atoms with Gasteiger partial charge >= 0.3 is 0 Å². The van der Waals surface area contributed by atoms with Gasteiger partial charge in [0, 0.05) is 23.5 Å². The van der Waals surface area contributed by atoms with Gasteiger partial charge in [0.05, 0.1) is 16.3 Å². The molecule has 19 heavy (non-hydrogen) atoms.